The Kier molecular flexibility index (Phi) is 4.76. The molecule has 1 aliphatic rings. The minimum atomic E-state index is 0.824. The van der Waals surface area contributed by atoms with Crippen molar-refractivity contribution in [2.45, 2.75) is 13.8 Å². The molecular weight excluding hydrogens is 118 g/mol. The zero-order valence-corrected chi connectivity index (χ0v) is 6.16. The van der Waals surface area contributed by atoms with Crippen molar-refractivity contribution < 1.29 is 0 Å². The Balaban J connectivity index is 0.000000222. The topological polar surface area (TPSA) is 12.4 Å². The summed E-state index contributed by atoms with van der Waals surface area (Å²) in [6.45, 7) is 8.52. The van der Waals surface area contributed by atoms with Crippen molar-refractivity contribution in [1.82, 2.24) is 0 Å². The maximum absolute atomic E-state index is 3.90. The molecule has 0 N–H and O–H groups in total. The third-order valence-corrected chi connectivity index (χ3v) is 1.28. The van der Waals surface area contributed by atoms with Gasteiger partial charge in [-0.25, -0.2) is 0 Å². The van der Waals surface area contributed by atoms with Crippen LogP contribution >= 0.6 is 11.8 Å². The maximum atomic E-state index is 3.90. The third kappa shape index (κ3) is 2.86. The van der Waals surface area contributed by atoms with E-state index < -0.39 is 0 Å². The first kappa shape index (κ1) is 7.76. The van der Waals surface area contributed by atoms with E-state index in [1.54, 1.807) is 11.8 Å². The van der Waals surface area contributed by atoms with Gasteiger partial charge in [0.25, 0.3) is 0 Å². The van der Waals surface area contributed by atoms with Crippen molar-refractivity contribution in [2.75, 3.05) is 6.54 Å². The Hall–Kier alpha value is -0.240. The number of rotatable bonds is 0. The third-order valence-electron chi connectivity index (χ3n) is 0.562. The van der Waals surface area contributed by atoms with Gasteiger partial charge in [-0.1, -0.05) is 32.2 Å². The van der Waals surface area contributed by atoms with Crippen LogP contribution in [0.25, 0.3) is 0 Å². The van der Waals surface area contributed by atoms with Crippen molar-refractivity contribution in [3.63, 3.8) is 0 Å². The molecule has 2 heteroatoms. The molecule has 8 heavy (non-hydrogen) atoms. The van der Waals surface area contributed by atoms with Crippen molar-refractivity contribution >= 4 is 17.3 Å². The van der Waals surface area contributed by atoms with Crippen LogP contribution in [-0.2, 0) is 0 Å². The highest BCUT2D eigenvalue weighted by Gasteiger charge is 1.94. The molecule has 0 radical (unpaired) electrons. The lowest BCUT2D eigenvalue weighted by molar-refractivity contribution is 1.27. The number of hydrogen-bond acceptors (Lipinski definition) is 2. The molecule has 0 saturated carbocycles. The Morgan fingerprint density at radius 3 is 2.50 bits per heavy atom. The molecule has 0 unspecified atom stereocenters. The van der Waals surface area contributed by atoms with Crippen LogP contribution in [0.2, 0.25) is 0 Å². The maximum Gasteiger partial charge on any atom is 0.0702 e. The molecule has 0 aromatic heterocycles. The number of hydrogen-bond donors (Lipinski definition) is 0. The summed E-state index contributed by atoms with van der Waals surface area (Å²) in [6.07, 6.45) is 0. The minimum absolute atomic E-state index is 0.824. The van der Waals surface area contributed by atoms with Gasteiger partial charge in [-0.15, -0.1) is 0 Å². The first-order chi connectivity index (χ1) is 3.89. The van der Waals surface area contributed by atoms with Gasteiger partial charge in [0, 0.05) is 4.91 Å². The first-order valence-corrected chi connectivity index (χ1v) is 3.60. The van der Waals surface area contributed by atoms with Crippen LogP contribution in [0.1, 0.15) is 13.8 Å². The smallest absolute Gasteiger partial charge is 0.0702 e. The molecular formula is C6H11NS. The Morgan fingerprint density at radius 2 is 2.38 bits per heavy atom. The van der Waals surface area contributed by atoms with Gasteiger partial charge in [-0.3, -0.25) is 4.99 Å². The summed E-state index contributed by atoms with van der Waals surface area (Å²) in [5, 5.41) is 0. The summed E-state index contributed by atoms with van der Waals surface area (Å²) in [4.78, 5) is 5.05. The zero-order chi connectivity index (χ0) is 6.41. The lowest BCUT2D eigenvalue weighted by atomic mass is 10.6. The fourth-order valence-electron chi connectivity index (χ4n) is 0.288. The lowest BCUT2D eigenvalue weighted by Crippen LogP contribution is -1.65. The average molecular weight is 129 g/mol. The average Bonchev–Trinajstić information content (AvgIpc) is 2.24. The van der Waals surface area contributed by atoms with E-state index in [9.17, 15) is 0 Å². The number of nitrogens with zero attached hydrogens (tertiary/aromatic N) is 1. The van der Waals surface area contributed by atoms with E-state index in [0.29, 0.717) is 0 Å². The highest BCUT2D eigenvalue weighted by atomic mass is 32.2. The van der Waals surface area contributed by atoms with Crippen LogP contribution in [0.3, 0.4) is 0 Å². The summed E-state index contributed by atoms with van der Waals surface area (Å²) >= 11 is 1.61. The second kappa shape index (κ2) is 4.91. The normalized spacial score (nSPS) is 15.5. The molecule has 0 fully saturated rings. The zero-order valence-electron chi connectivity index (χ0n) is 5.35. The Labute approximate surface area is 54.9 Å². The van der Waals surface area contributed by atoms with Gasteiger partial charge < -0.3 is 0 Å². The highest BCUT2D eigenvalue weighted by molar-refractivity contribution is 8.15. The second-order valence-corrected chi connectivity index (χ2v) is 2.13. The van der Waals surface area contributed by atoms with Gasteiger partial charge in [0.1, 0.15) is 0 Å². The van der Waals surface area contributed by atoms with Crippen molar-refractivity contribution in [3.8, 4) is 0 Å². The SMILES string of the molecule is C=C1CN=CS1.CC. The number of thioether (sulfide) groups is 1. The summed E-state index contributed by atoms with van der Waals surface area (Å²) < 4.78 is 0. The van der Waals surface area contributed by atoms with E-state index in [-0.39, 0.29) is 0 Å². The van der Waals surface area contributed by atoms with Crippen LogP contribution in [-0.4, -0.2) is 12.1 Å². The van der Waals surface area contributed by atoms with Gasteiger partial charge in [0.2, 0.25) is 0 Å². The van der Waals surface area contributed by atoms with Crippen molar-refractivity contribution in [3.05, 3.63) is 11.5 Å². The summed E-state index contributed by atoms with van der Waals surface area (Å²) in [5.74, 6) is 0. The standard InChI is InChI=1S/C4H5NS.C2H6/c1-4-2-5-3-6-4;1-2/h3H,1-2H2;1-2H3. The van der Waals surface area contributed by atoms with E-state index in [4.69, 9.17) is 0 Å². The summed E-state index contributed by atoms with van der Waals surface area (Å²) in [5.41, 5.74) is 1.82. The molecule has 1 heterocycles. The van der Waals surface area contributed by atoms with Crippen molar-refractivity contribution in [2.24, 2.45) is 4.99 Å². The molecule has 1 rings (SSSR count). The fourth-order valence-corrected chi connectivity index (χ4v) is 0.735. The molecule has 0 aromatic carbocycles. The number of aliphatic imine (C=N–C) groups is 1. The molecule has 0 bridgehead atoms. The predicted octanol–water partition coefficient (Wildman–Crippen LogP) is 2.30. The molecule has 1 aliphatic heterocycles. The monoisotopic (exact) mass is 129 g/mol. The minimum Gasteiger partial charge on any atom is -0.281 e. The van der Waals surface area contributed by atoms with E-state index in [1.165, 1.54) is 0 Å². The van der Waals surface area contributed by atoms with Gasteiger partial charge in [0.15, 0.2) is 0 Å². The Bertz CT molecular complexity index is 86.7. The van der Waals surface area contributed by atoms with Gasteiger partial charge >= 0.3 is 0 Å². The molecule has 0 saturated heterocycles. The highest BCUT2D eigenvalue weighted by Crippen LogP contribution is 2.15. The van der Waals surface area contributed by atoms with Gasteiger partial charge in [0.05, 0.1) is 12.1 Å². The van der Waals surface area contributed by atoms with Crippen molar-refractivity contribution in [1.29, 1.82) is 0 Å². The summed E-state index contributed by atoms with van der Waals surface area (Å²) in [6, 6.07) is 0. The first-order valence-electron chi connectivity index (χ1n) is 2.72. The van der Waals surface area contributed by atoms with E-state index in [0.717, 1.165) is 11.4 Å². The molecule has 0 atom stereocenters. The summed E-state index contributed by atoms with van der Waals surface area (Å²) in [7, 11) is 0. The quantitative estimate of drug-likeness (QED) is 0.489. The Morgan fingerprint density at radius 1 is 1.75 bits per heavy atom. The fraction of sp³-hybridized carbons (Fsp3) is 0.500. The molecule has 0 aliphatic carbocycles. The van der Waals surface area contributed by atoms with E-state index >= 15 is 0 Å². The van der Waals surface area contributed by atoms with Crippen LogP contribution in [0.5, 0.6) is 0 Å². The van der Waals surface area contributed by atoms with Crippen LogP contribution in [0, 0.1) is 0 Å². The van der Waals surface area contributed by atoms with Gasteiger partial charge in [-0.05, 0) is 0 Å². The van der Waals surface area contributed by atoms with Crippen LogP contribution in [0.15, 0.2) is 16.5 Å². The molecule has 0 spiro atoms. The molecule has 0 aromatic rings. The van der Waals surface area contributed by atoms with E-state index in [2.05, 4.69) is 11.6 Å². The molecule has 46 valence electrons. The molecule has 0 amide bonds. The molecule has 1 nitrogen and oxygen atoms in total. The van der Waals surface area contributed by atoms with Crippen LogP contribution < -0.4 is 0 Å². The lowest BCUT2D eigenvalue weighted by Gasteiger charge is -1.78. The predicted molar refractivity (Wildman–Crippen MR) is 41.4 cm³/mol. The largest absolute Gasteiger partial charge is 0.281 e. The van der Waals surface area contributed by atoms with Crippen LogP contribution in [0.4, 0.5) is 0 Å². The van der Waals surface area contributed by atoms with E-state index in [1.807, 2.05) is 19.4 Å². The van der Waals surface area contributed by atoms with Gasteiger partial charge in [-0.2, -0.15) is 0 Å². The second-order valence-electron chi connectivity index (χ2n) is 1.10.